The van der Waals surface area contributed by atoms with Crippen molar-refractivity contribution in [2.75, 3.05) is 13.1 Å². The van der Waals surface area contributed by atoms with Crippen LogP contribution >= 0.6 is 0 Å². The molecule has 1 saturated heterocycles. The number of hydrogen-bond donors (Lipinski definition) is 2. The van der Waals surface area contributed by atoms with Gasteiger partial charge in [-0.2, -0.15) is 0 Å². The van der Waals surface area contributed by atoms with E-state index in [1.807, 2.05) is 0 Å². The molecule has 0 spiro atoms. The molecule has 26 heavy (non-hydrogen) atoms. The molecule has 2 amide bonds. The van der Waals surface area contributed by atoms with Crippen molar-refractivity contribution in [2.45, 2.75) is 58.0 Å². The van der Waals surface area contributed by atoms with Crippen molar-refractivity contribution in [3.05, 3.63) is 23.7 Å². The van der Waals surface area contributed by atoms with Crippen molar-refractivity contribution in [1.29, 1.82) is 0 Å². The van der Waals surface area contributed by atoms with Gasteiger partial charge in [-0.1, -0.05) is 6.92 Å². The minimum absolute atomic E-state index is 0.108. The number of aryl methyl sites for hydroxylation is 1. The third kappa shape index (κ3) is 3.39. The van der Waals surface area contributed by atoms with Crippen LogP contribution in [-0.2, 0) is 22.6 Å². The Balaban J connectivity index is 1.39. The molecule has 4 rings (SSSR count). The Morgan fingerprint density at radius 3 is 2.62 bits per heavy atom. The fraction of sp³-hybridized carbons (Fsp3) is 0.700. The van der Waals surface area contributed by atoms with Crippen molar-refractivity contribution < 1.29 is 14.0 Å². The van der Waals surface area contributed by atoms with E-state index in [1.54, 1.807) is 0 Å². The minimum Gasteiger partial charge on any atom is -0.465 e. The third-order valence-electron chi connectivity index (χ3n) is 6.23. The average Bonchev–Trinajstić information content (AvgIpc) is 3.51. The fourth-order valence-electron chi connectivity index (χ4n) is 4.32. The second-order valence-corrected chi connectivity index (χ2v) is 8.34. The summed E-state index contributed by atoms with van der Waals surface area (Å²) in [5.74, 6) is 2.56. The molecule has 2 atom stereocenters. The third-order valence-corrected chi connectivity index (χ3v) is 6.23. The molecule has 0 unspecified atom stereocenters. The number of primary amides is 1. The monoisotopic (exact) mass is 359 g/mol. The predicted molar refractivity (Wildman–Crippen MR) is 97.0 cm³/mol. The summed E-state index contributed by atoms with van der Waals surface area (Å²) in [4.78, 5) is 26.6. The number of carbonyl (C=O) groups excluding carboxylic acids is 2. The molecule has 3 aliphatic rings. The molecule has 3 fully saturated rings. The molecular formula is C20H29N3O3. The van der Waals surface area contributed by atoms with Gasteiger partial charge in [-0.25, -0.2) is 0 Å². The van der Waals surface area contributed by atoms with Crippen molar-refractivity contribution in [1.82, 2.24) is 10.2 Å². The molecule has 6 heteroatoms. The van der Waals surface area contributed by atoms with Gasteiger partial charge in [0.05, 0.1) is 6.54 Å². The highest BCUT2D eigenvalue weighted by Gasteiger charge is 2.56. The smallest absolute Gasteiger partial charge is 0.235 e. The number of nitrogens with two attached hydrogens (primary N) is 1. The molecule has 142 valence electrons. The van der Waals surface area contributed by atoms with Crippen molar-refractivity contribution in [3.8, 4) is 0 Å². The predicted octanol–water partition coefficient (Wildman–Crippen LogP) is 1.82. The van der Waals surface area contributed by atoms with Crippen LogP contribution in [0.15, 0.2) is 16.5 Å². The Hall–Kier alpha value is -1.82. The van der Waals surface area contributed by atoms with Gasteiger partial charge in [0.15, 0.2) is 0 Å². The maximum atomic E-state index is 12.6. The van der Waals surface area contributed by atoms with E-state index in [0.29, 0.717) is 24.7 Å². The topological polar surface area (TPSA) is 88.6 Å². The zero-order valence-electron chi connectivity index (χ0n) is 15.5. The molecular weight excluding hydrogens is 330 g/mol. The zero-order chi connectivity index (χ0) is 18.3. The molecule has 1 aromatic rings. The van der Waals surface area contributed by atoms with Gasteiger partial charge in [0.2, 0.25) is 11.8 Å². The first kappa shape index (κ1) is 17.6. The number of nitrogens with one attached hydrogen (secondary N) is 1. The maximum Gasteiger partial charge on any atom is 0.235 e. The van der Waals surface area contributed by atoms with E-state index in [9.17, 15) is 9.59 Å². The van der Waals surface area contributed by atoms with Gasteiger partial charge in [0.1, 0.15) is 16.9 Å². The number of carbonyl (C=O) groups is 2. The lowest BCUT2D eigenvalue weighted by atomic mass is 9.96. The number of amides is 2. The summed E-state index contributed by atoms with van der Waals surface area (Å²) in [7, 11) is 0. The van der Waals surface area contributed by atoms with Gasteiger partial charge < -0.3 is 15.5 Å². The highest BCUT2D eigenvalue weighted by Crippen LogP contribution is 2.47. The van der Waals surface area contributed by atoms with Gasteiger partial charge in [-0.3, -0.25) is 14.5 Å². The number of rotatable bonds is 8. The van der Waals surface area contributed by atoms with Gasteiger partial charge in [-0.05, 0) is 56.1 Å². The van der Waals surface area contributed by atoms with Gasteiger partial charge in [-0.15, -0.1) is 0 Å². The second kappa shape index (κ2) is 6.72. The molecule has 3 N–H and O–H groups in total. The Bertz CT molecular complexity index is 690. The molecule has 0 radical (unpaired) electrons. The van der Waals surface area contributed by atoms with Crippen molar-refractivity contribution >= 4 is 11.8 Å². The first-order chi connectivity index (χ1) is 12.5. The molecule has 2 heterocycles. The number of hydrogen-bond acceptors (Lipinski definition) is 4. The Morgan fingerprint density at radius 1 is 1.27 bits per heavy atom. The van der Waals surface area contributed by atoms with Gasteiger partial charge in [0, 0.05) is 25.6 Å². The summed E-state index contributed by atoms with van der Waals surface area (Å²) in [5.41, 5.74) is 4.52. The Morgan fingerprint density at radius 2 is 2.00 bits per heavy atom. The molecule has 0 bridgehead atoms. The quantitative estimate of drug-likeness (QED) is 0.693. The largest absolute Gasteiger partial charge is 0.465 e. The van der Waals surface area contributed by atoms with Crippen molar-refractivity contribution in [2.24, 2.45) is 23.0 Å². The molecule has 2 aliphatic carbocycles. The summed E-state index contributed by atoms with van der Waals surface area (Å²) in [6, 6.07) is 4.24. The SMILES string of the molecule is CCCc1ccc(CN2C[C@H](NC(=O)C3(C(N)=O)CC3)[C@@H](C3CC3)C2)o1. The van der Waals surface area contributed by atoms with E-state index in [-0.39, 0.29) is 11.9 Å². The molecule has 1 aromatic heterocycles. The van der Waals surface area contributed by atoms with Crippen LogP contribution < -0.4 is 11.1 Å². The van der Waals surface area contributed by atoms with Crippen LogP contribution in [0.1, 0.15) is 50.5 Å². The zero-order valence-corrected chi connectivity index (χ0v) is 15.5. The average molecular weight is 359 g/mol. The van der Waals surface area contributed by atoms with E-state index >= 15 is 0 Å². The highest BCUT2D eigenvalue weighted by molar-refractivity contribution is 6.07. The summed E-state index contributed by atoms with van der Waals surface area (Å²) in [5, 5.41) is 3.16. The lowest BCUT2D eigenvalue weighted by Crippen LogP contribution is -2.48. The Labute approximate surface area is 154 Å². The van der Waals surface area contributed by atoms with E-state index < -0.39 is 11.3 Å². The molecule has 1 aliphatic heterocycles. The maximum absolute atomic E-state index is 12.6. The molecule has 6 nitrogen and oxygen atoms in total. The van der Waals surface area contributed by atoms with E-state index in [0.717, 1.165) is 44.0 Å². The van der Waals surface area contributed by atoms with E-state index in [1.165, 1.54) is 12.8 Å². The van der Waals surface area contributed by atoms with E-state index in [4.69, 9.17) is 10.2 Å². The van der Waals surface area contributed by atoms with Crippen LogP contribution in [-0.4, -0.2) is 35.8 Å². The van der Waals surface area contributed by atoms with Gasteiger partial charge >= 0.3 is 0 Å². The lowest BCUT2D eigenvalue weighted by molar-refractivity contribution is -0.136. The lowest BCUT2D eigenvalue weighted by Gasteiger charge is -2.22. The molecule has 0 aromatic carbocycles. The van der Waals surface area contributed by atoms with Gasteiger partial charge in [0.25, 0.3) is 0 Å². The fourth-order valence-corrected chi connectivity index (χ4v) is 4.32. The number of furan rings is 1. The minimum atomic E-state index is -0.933. The van der Waals surface area contributed by atoms with E-state index in [2.05, 4.69) is 29.3 Å². The summed E-state index contributed by atoms with van der Waals surface area (Å²) >= 11 is 0. The standard InChI is InChI=1S/C20H29N3O3/c1-2-3-14-6-7-15(26-14)10-23-11-16(13-4-5-13)17(12-23)22-19(25)20(8-9-20)18(21)24/h6-7,13,16-17H,2-5,8-12H2,1H3,(H2,21,24)(H,22,25)/t16-,17+/m1/s1. The number of likely N-dealkylation sites (tertiary alicyclic amines) is 1. The second-order valence-electron chi connectivity index (χ2n) is 8.34. The molecule has 2 saturated carbocycles. The van der Waals surface area contributed by atoms with Crippen LogP contribution in [0.5, 0.6) is 0 Å². The van der Waals surface area contributed by atoms with Crippen LogP contribution in [0.3, 0.4) is 0 Å². The first-order valence-corrected chi connectivity index (χ1v) is 9.92. The van der Waals surface area contributed by atoms with Crippen molar-refractivity contribution in [3.63, 3.8) is 0 Å². The highest BCUT2D eigenvalue weighted by atomic mass is 16.3. The summed E-state index contributed by atoms with van der Waals surface area (Å²) in [6.45, 7) is 4.71. The summed E-state index contributed by atoms with van der Waals surface area (Å²) in [6.07, 6.45) is 5.71. The first-order valence-electron chi connectivity index (χ1n) is 9.92. The normalized spacial score (nSPS) is 27.4. The Kier molecular flexibility index (Phi) is 4.55. The summed E-state index contributed by atoms with van der Waals surface area (Å²) < 4.78 is 5.92. The van der Waals surface area contributed by atoms with Crippen LogP contribution in [0.2, 0.25) is 0 Å². The van der Waals surface area contributed by atoms with Crippen LogP contribution in [0, 0.1) is 17.3 Å². The van der Waals surface area contributed by atoms with Crippen LogP contribution in [0.25, 0.3) is 0 Å². The van der Waals surface area contributed by atoms with Crippen LogP contribution in [0.4, 0.5) is 0 Å². The number of nitrogens with zero attached hydrogens (tertiary/aromatic N) is 1.